The molecule has 1 unspecified atom stereocenters. The maximum Gasteiger partial charge on any atom is 0.154 e. The van der Waals surface area contributed by atoms with Crippen molar-refractivity contribution in [2.45, 2.75) is 18.9 Å². The minimum absolute atomic E-state index is 0.254. The minimum Gasteiger partial charge on any atom is -0.497 e. The lowest BCUT2D eigenvalue weighted by Gasteiger charge is -2.15. The number of ether oxygens (including phenoxy) is 2. The molecule has 1 aromatic carbocycles. The van der Waals surface area contributed by atoms with Gasteiger partial charge in [0.25, 0.3) is 0 Å². The lowest BCUT2D eigenvalue weighted by Crippen LogP contribution is -2.17. The van der Waals surface area contributed by atoms with Gasteiger partial charge in [-0.25, -0.2) is 0 Å². The number of nitrogens with zero attached hydrogens (tertiary/aromatic N) is 3. The van der Waals surface area contributed by atoms with Crippen molar-refractivity contribution >= 4 is 0 Å². The van der Waals surface area contributed by atoms with Gasteiger partial charge in [-0.1, -0.05) is 0 Å². The Morgan fingerprint density at radius 2 is 2.20 bits per heavy atom. The Bertz CT molecular complexity index is 591. The number of rotatable bonds is 4. The minimum atomic E-state index is 0.254. The van der Waals surface area contributed by atoms with Crippen LogP contribution in [0.15, 0.2) is 24.5 Å². The molecule has 1 saturated heterocycles. The predicted molar refractivity (Wildman–Crippen MR) is 74.4 cm³/mol. The van der Waals surface area contributed by atoms with Gasteiger partial charge in [0, 0.05) is 6.07 Å². The molecule has 1 aromatic heterocycles. The van der Waals surface area contributed by atoms with Gasteiger partial charge >= 0.3 is 0 Å². The number of aromatic nitrogens is 3. The van der Waals surface area contributed by atoms with Crippen molar-refractivity contribution in [3.05, 3.63) is 30.4 Å². The molecule has 1 atom stereocenters. The molecule has 3 rings (SSSR count). The highest BCUT2D eigenvalue weighted by Crippen LogP contribution is 2.30. The standard InChI is InChI=1S/C14H18N4O2/c1-19-10-5-6-12(13(8-10)20-2)18-9-16-17-14(18)11-4-3-7-15-11/h5-6,8-9,11,15H,3-4,7H2,1-2H3. The Morgan fingerprint density at radius 1 is 1.30 bits per heavy atom. The van der Waals surface area contributed by atoms with Gasteiger partial charge in [-0.15, -0.1) is 10.2 Å². The second-order valence-electron chi connectivity index (χ2n) is 4.75. The van der Waals surface area contributed by atoms with Crippen molar-refractivity contribution in [3.63, 3.8) is 0 Å². The second-order valence-corrected chi connectivity index (χ2v) is 4.75. The first-order valence-corrected chi connectivity index (χ1v) is 6.69. The Labute approximate surface area is 117 Å². The van der Waals surface area contributed by atoms with E-state index >= 15 is 0 Å². The molecule has 2 heterocycles. The molecule has 1 aliphatic rings. The summed E-state index contributed by atoms with van der Waals surface area (Å²) in [5, 5.41) is 11.7. The van der Waals surface area contributed by atoms with Gasteiger partial charge in [-0.2, -0.15) is 0 Å². The fraction of sp³-hybridized carbons (Fsp3) is 0.429. The fourth-order valence-electron chi connectivity index (χ4n) is 2.56. The van der Waals surface area contributed by atoms with Crippen LogP contribution in [0.2, 0.25) is 0 Å². The maximum absolute atomic E-state index is 5.45. The van der Waals surface area contributed by atoms with Gasteiger partial charge in [-0.05, 0) is 31.5 Å². The van der Waals surface area contributed by atoms with E-state index in [9.17, 15) is 0 Å². The lowest BCUT2D eigenvalue weighted by molar-refractivity contribution is 0.392. The van der Waals surface area contributed by atoms with Gasteiger partial charge < -0.3 is 14.8 Å². The SMILES string of the molecule is COc1ccc(-n2cnnc2C2CCCN2)c(OC)c1. The van der Waals surface area contributed by atoms with Crippen LogP contribution in [-0.2, 0) is 0 Å². The highest BCUT2D eigenvalue weighted by Gasteiger charge is 2.23. The molecule has 0 aliphatic carbocycles. The second kappa shape index (κ2) is 5.50. The van der Waals surface area contributed by atoms with Crippen LogP contribution >= 0.6 is 0 Å². The third-order valence-electron chi connectivity index (χ3n) is 3.59. The van der Waals surface area contributed by atoms with E-state index in [1.54, 1.807) is 20.5 Å². The average Bonchev–Trinajstić information content (AvgIpc) is 3.16. The first-order valence-electron chi connectivity index (χ1n) is 6.69. The molecule has 106 valence electrons. The van der Waals surface area contributed by atoms with Crippen LogP contribution in [0.5, 0.6) is 11.5 Å². The number of hydrogen-bond donors (Lipinski definition) is 1. The van der Waals surface area contributed by atoms with E-state index in [1.165, 1.54) is 0 Å². The molecule has 0 spiro atoms. The van der Waals surface area contributed by atoms with Crippen LogP contribution < -0.4 is 14.8 Å². The summed E-state index contributed by atoms with van der Waals surface area (Å²) in [6.07, 6.45) is 3.97. The third-order valence-corrected chi connectivity index (χ3v) is 3.59. The lowest BCUT2D eigenvalue weighted by atomic mass is 10.2. The van der Waals surface area contributed by atoms with Crippen molar-refractivity contribution < 1.29 is 9.47 Å². The Hall–Kier alpha value is -2.08. The molecule has 6 heteroatoms. The van der Waals surface area contributed by atoms with E-state index in [2.05, 4.69) is 15.5 Å². The summed E-state index contributed by atoms with van der Waals surface area (Å²) in [6.45, 7) is 1.03. The van der Waals surface area contributed by atoms with E-state index in [-0.39, 0.29) is 6.04 Å². The van der Waals surface area contributed by atoms with E-state index in [0.29, 0.717) is 0 Å². The largest absolute Gasteiger partial charge is 0.497 e. The summed E-state index contributed by atoms with van der Waals surface area (Å²) in [5.41, 5.74) is 0.919. The first-order chi connectivity index (χ1) is 9.83. The number of methoxy groups -OCH3 is 2. The smallest absolute Gasteiger partial charge is 0.154 e. The zero-order valence-electron chi connectivity index (χ0n) is 11.7. The van der Waals surface area contributed by atoms with Crippen molar-refractivity contribution in [3.8, 4) is 17.2 Å². The summed E-state index contributed by atoms with van der Waals surface area (Å²) in [4.78, 5) is 0. The van der Waals surface area contributed by atoms with Crippen molar-refractivity contribution in [2.24, 2.45) is 0 Å². The quantitative estimate of drug-likeness (QED) is 0.919. The molecule has 1 fully saturated rings. The molecule has 0 bridgehead atoms. The summed E-state index contributed by atoms with van der Waals surface area (Å²) >= 11 is 0. The molecule has 2 aromatic rings. The molecule has 6 nitrogen and oxygen atoms in total. The molecule has 1 aliphatic heterocycles. The normalized spacial score (nSPS) is 18.2. The molecule has 0 radical (unpaired) electrons. The highest BCUT2D eigenvalue weighted by molar-refractivity contribution is 5.51. The van der Waals surface area contributed by atoms with Crippen LogP contribution in [0.1, 0.15) is 24.7 Å². The van der Waals surface area contributed by atoms with Crippen molar-refractivity contribution in [1.82, 2.24) is 20.1 Å². The monoisotopic (exact) mass is 274 g/mol. The van der Waals surface area contributed by atoms with Crippen LogP contribution in [0.4, 0.5) is 0 Å². The van der Waals surface area contributed by atoms with E-state index in [4.69, 9.17) is 9.47 Å². The zero-order chi connectivity index (χ0) is 13.9. The van der Waals surface area contributed by atoms with Crippen molar-refractivity contribution in [1.29, 1.82) is 0 Å². The molecule has 20 heavy (non-hydrogen) atoms. The van der Waals surface area contributed by atoms with Gasteiger partial charge in [-0.3, -0.25) is 4.57 Å². The molecule has 1 N–H and O–H groups in total. The van der Waals surface area contributed by atoms with E-state index in [1.807, 2.05) is 22.8 Å². The Morgan fingerprint density at radius 3 is 2.90 bits per heavy atom. The topological polar surface area (TPSA) is 61.2 Å². The average molecular weight is 274 g/mol. The van der Waals surface area contributed by atoms with Crippen LogP contribution in [0.25, 0.3) is 5.69 Å². The van der Waals surface area contributed by atoms with Gasteiger partial charge in [0.1, 0.15) is 17.8 Å². The Kier molecular flexibility index (Phi) is 3.56. The summed E-state index contributed by atoms with van der Waals surface area (Å²) in [5.74, 6) is 2.42. The first kappa shape index (κ1) is 12.9. The van der Waals surface area contributed by atoms with Gasteiger partial charge in [0.05, 0.1) is 25.9 Å². The van der Waals surface area contributed by atoms with Crippen LogP contribution in [0, 0.1) is 0 Å². The van der Waals surface area contributed by atoms with Crippen LogP contribution in [0.3, 0.4) is 0 Å². The highest BCUT2D eigenvalue weighted by atomic mass is 16.5. The van der Waals surface area contributed by atoms with Gasteiger partial charge in [0.15, 0.2) is 5.82 Å². The summed E-state index contributed by atoms with van der Waals surface area (Å²) in [6, 6.07) is 5.98. The number of benzene rings is 1. The third kappa shape index (κ3) is 2.22. The van der Waals surface area contributed by atoms with E-state index < -0.39 is 0 Å². The zero-order valence-corrected chi connectivity index (χ0v) is 11.7. The summed E-state index contributed by atoms with van der Waals surface area (Å²) in [7, 11) is 3.29. The van der Waals surface area contributed by atoms with Gasteiger partial charge in [0.2, 0.25) is 0 Å². The molecular formula is C14H18N4O2. The fourth-order valence-corrected chi connectivity index (χ4v) is 2.56. The molecule has 0 amide bonds. The maximum atomic E-state index is 5.45. The van der Waals surface area contributed by atoms with Crippen molar-refractivity contribution in [2.75, 3.05) is 20.8 Å². The molecular weight excluding hydrogens is 256 g/mol. The molecule has 0 saturated carbocycles. The Balaban J connectivity index is 2.02. The predicted octanol–water partition coefficient (Wildman–Crippen LogP) is 1.71. The number of nitrogens with one attached hydrogen (secondary N) is 1. The van der Waals surface area contributed by atoms with Crippen LogP contribution in [-0.4, -0.2) is 35.5 Å². The summed E-state index contributed by atoms with van der Waals surface area (Å²) < 4.78 is 12.7. The van der Waals surface area contributed by atoms with E-state index in [0.717, 1.165) is 42.4 Å². The number of hydrogen-bond acceptors (Lipinski definition) is 5.